The van der Waals surface area contributed by atoms with Gasteiger partial charge in [-0.1, -0.05) is 6.92 Å². The molecule has 1 saturated carbocycles. The summed E-state index contributed by atoms with van der Waals surface area (Å²) in [6.07, 6.45) is 7.43. The fraction of sp³-hybridized carbons (Fsp3) is 0.714. The van der Waals surface area contributed by atoms with Gasteiger partial charge in [0, 0.05) is 7.11 Å². The largest absolute Gasteiger partial charge is 0.466 e. The van der Waals surface area contributed by atoms with Crippen LogP contribution in [0, 0.1) is 0 Å². The Morgan fingerprint density at radius 2 is 2.33 bits per heavy atom. The van der Waals surface area contributed by atoms with Crippen molar-refractivity contribution in [1.29, 1.82) is 0 Å². The molecule has 18 heavy (non-hydrogen) atoms. The van der Waals surface area contributed by atoms with Gasteiger partial charge in [-0.2, -0.15) is 0 Å². The average molecular weight is 316 g/mol. The minimum absolute atomic E-state index is 0.0532. The van der Waals surface area contributed by atoms with Gasteiger partial charge in [-0.15, -0.1) is 0 Å². The molecule has 102 valence electrons. The van der Waals surface area contributed by atoms with Crippen molar-refractivity contribution >= 4 is 15.9 Å². The summed E-state index contributed by atoms with van der Waals surface area (Å²) in [6, 6.07) is 2.19. The molecule has 1 aliphatic carbocycles. The summed E-state index contributed by atoms with van der Waals surface area (Å²) in [7, 11) is 1.83. The molecule has 1 fully saturated rings. The molecule has 0 aromatic carbocycles. The number of methoxy groups -OCH3 is 1. The van der Waals surface area contributed by atoms with Crippen LogP contribution < -0.4 is 5.32 Å². The monoisotopic (exact) mass is 315 g/mol. The zero-order valence-electron chi connectivity index (χ0n) is 11.2. The van der Waals surface area contributed by atoms with Gasteiger partial charge in [0.2, 0.25) is 0 Å². The number of nitrogens with one attached hydrogen (secondary N) is 1. The van der Waals surface area contributed by atoms with Crippen LogP contribution in [0.5, 0.6) is 0 Å². The van der Waals surface area contributed by atoms with Gasteiger partial charge < -0.3 is 14.5 Å². The van der Waals surface area contributed by atoms with E-state index in [1.54, 1.807) is 6.26 Å². The van der Waals surface area contributed by atoms with Gasteiger partial charge >= 0.3 is 0 Å². The van der Waals surface area contributed by atoms with E-state index < -0.39 is 0 Å². The predicted molar refractivity (Wildman–Crippen MR) is 75.7 cm³/mol. The maximum absolute atomic E-state index is 5.73. The Kier molecular flexibility index (Phi) is 4.87. The second kappa shape index (κ2) is 6.22. The minimum Gasteiger partial charge on any atom is -0.466 e. The second-order valence-electron chi connectivity index (χ2n) is 5.08. The molecular formula is C14H22BrNO2. The second-order valence-corrected chi connectivity index (χ2v) is 5.94. The molecular weight excluding hydrogens is 294 g/mol. The fourth-order valence-corrected chi connectivity index (χ4v) is 3.04. The average Bonchev–Trinajstić information content (AvgIpc) is 2.74. The van der Waals surface area contributed by atoms with E-state index in [2.05, 4.69) is 28.2 Å². The first-order chi connectivity index (χ1) is 8.71. The first-order valence-corrected chi connectivity index (χ1v) is 7.51. The molecule has 0 radical (unpaired) electrons. The molecule has 1 aromatic heterocycles. The summed E-state index contributed by atoms with van der Waals surface area (Å²) >= 11 is 3.55. The van der Waals surface area contributed by atoms with Crippen LogP contribution in [0.2, 0.25) is 0 Å². The highest BCUT2D eigenvalue weighted by molar-refractivity contribution is 9.10. The van der Waals surface area contributed by atoms with Crippen LogP contribution in [0.15, 0.2) is 21.2 Å². The number of hydrogen-bond donors (Lipinski definition) is 1. The van der Waals surface area contributed by atoms with E-state index in [-0.39, 0.29) is 11.6 Å². The molecule has 2 rings (SSSR count). The molecule has 1 N–H and O–H groups in total. The van der Waals surface area contributed by atoms with E-state index in [9.17, 15) is 0 Å². The van der Waals surface area contributed by atoms with Crippen molar-refractivity contribution in [3.8, 4) is 0 Å². The van der Waals surface area contributed by atoms with E-state index in [0.717, 1.165) is 42.5 Å². The lowest BCUT2D eigenvalue weighted by Gasteiger charge is -2.42. The third-order valence-corrected chi connectivity index (χ3v) is 4.53. The lowest BCUT2D eigenvalue weighted by Crippen LogP contribution is -2.43. The number of rotatable bonds is 7. The Balaban J connectivity index is 2.08. The Morgan fingerprint density at radius 3 is 2.78 bits per heavy atom. The lowest BCUT2D eigenvalue weighted by atomic mass is 9.75. The molecule has 1 heterocycles. The van der Waals surface area contributed by atoms with Gasteiger partial charge in [0.25, 0.3) is 0 Å². The molecule has 0 aliphatic heterocycles. The van der Waals surface area contributed by atoms with Gasteiger partial charge in [0.15, 0.2) is 0 Å². The Bertz CT molecular complexity index is 368. The number of hydrogen-bond acceptors (Lipinski definition) is 3. The van der Waals surface area contributed by atoms with Crippen LogP contribution in [0.3, 0.4) is 0 Å². The maximum Gasteiger partial charge on any atom is 0.134 e. The topological polar surface area (TPSA) is 34.4 Å². The van der Waals surface area contributed by atoms with Gasteiger partial charge in [0.1, 0.15) is 5.76 Å². The summed E-state index contributed by atoms with van der Waals surface area (Å²) in [5.41, 5.74) is 0.0532. The molecule has 1 aliphatic rings. The Labute approximate surface area is 117 Å². The van der Waals surface area contributed by atoms with Crippen molar-refractivity contribution in [2.45, 2.75) is 50.7 Å². The summed E-state index contributed by atoms with van der Waals surface area (Å²) < 4.78 is 12.4. The van der Waals surface area contributed by atoms with E-state index >= 15 is 0 Å². The quantitative estimate of drug-likeness (QED) is 0.824. The molecule has 1 unspecified atom stereocenters. The summed E-state index contributed by atoms with van der Waals surface area (Å²) in [5.74, 6) is 0.992. The van der Waals surface area contributed by atoms with Gasteiger partial charge in [-0.3, -0.25) is 0 Å². The first kappa shape index (κ1) is 14.1. The van der Waals surface area contributed by atoms with E-state index in [1.165, 1.54) is 6.42 Å². The van der Waals surface area contributed by atoms with Crippen LogP contribution >= 0.6 is 15.9 Å². The van der Waals surface area contributed by atoms with Crippen molar-refractivity contribution in [2.75, 3.05) is 13.7 Å². The third-order valence-electron chi connectivity index (χ3n) is 3.88. The van der Waals surface area contributed by atoms with E-state index in [4.69, 9.17) is 9.15 Å². The van der Waals surface area contributed by atoms with Crippen molar-refractivity contribution in [3.05, 3.63) is 22.6 Å². The molecule has 4 heteroatoms. The van der Waals surface area contributed by atoms with Crippen LogP contribution in [-0.4, -0.2) is 19.3 Å². The smallest absolute Gasteiger partial charge is 0.134 e. The fourth-order valence-electron chi connectivity index (χ4n) is 2.56. The van der Waals surface area contributed by atoms with E-state index in [1.807, 2.05) is 13.2 Å². The molecule has 1 aromatic rings. The highest BCUT2D eigenvalue weighted by Gasteiger charge is 2.40. The highest BCUT2D eigenvalue weighted by Crippen LogP contribution is 2.42. The first-order valence-electron chi connectivity index (χ1n) is 6.72. The van der Waals surface area contributed by atoms with Crippen LogP contribution in [0.4, 0.5) is 0 Å². The zero-order valence-corrected chi connectivity index (χ0v) is 12.8. The zero-order chi connectivity index (χ0) is 13.0. The molecule has 0 saturated heterocycles. The normalized spacial score (nSPS) is 19.5. The summed E-state index contributed by atoms with van der Waals surface area (Å²) in [5, 5.41) is 3.57. The molecule has 1 atom stereocenters. The van der Waals surface area contributed by atoms with Crippen LogP contribution in [0.1, 0.15) is 50.8 Å². The molecule has 0 bridgehead atoms. The number of furan rings is 1. The van der Waals surface area contributed by atoms with Crippen LogP contribution in [0.25, 0.3) is 0 Å². The molecule has 3 nitrogen and oxygen atoms in total. The Morgan fingerprint density at radius 1 is 1.56 bits per heavy atom. The van der Waals surface area contributed by atoms with Gasteiger partial charge in [-0.05, 0) is 60.6 Å². The van der Waals surface area contributed by atoms with Crippen molar-refractivity contribution in [2.24, 2.45) is 0 Å². The third kappa shape index (κ3) is 2.98. The lowest BCUT2D eigenvalue weighted by molar-refractivity contribution is -0.0849. The standard InChI is InChI=1S/C14H22BrNO2/c1-3-8-16-12(13-11(15)5-9-18-13)10-14(17-2)6-4-7-14/h5,9,12,16H,3-4,6-8,10H2,1-2H3. The molecule has 0 spiro atoms. The minimum atomic E-state index is 0.0532. The number of halogens is 1. The SMILES string of the molecule is CCCNC(CC1(OC)CCC1)c1occc1Br. The Hall–Kier alpha value is -0.320. The van der Waals surface area contributed by atoms with Gasteiger partial charge in [0.05, 0.1) is 22.4 Å². The predicted octanol–water partition coefficient (Wildman–Crippen LogP) is 4.04. The van der Waals surface area contributed by atoms with Crippen molar-refractivity contribution in [1.82, 2.24) is 5.32 Å². The van der Waals surface area contributed by atoms with Crippen LogP contribution in [-0.2, 0) is 4.74 Å². The van der Waals surface area contributed by atoms with Crippen molar-refractivity contribution < 1.29 is 9.15 Å². The van der Waals surface area contributed by atoms with Crippen molar-refractivity contribution in [3.63, 3.8) is 0 Å². The maximum atomic E-state index is 5.73. The van der Waals surface area contributed by atoms with Gasteiger partial charge in [-0.25, -0.2) is 0 Å². The van der Waals surface area contributed by atoms with E-state index in [0.29, 0.717) is 0 Å². The molecule has 0 amide bonds. The highest BCUT2D eigenvalue weighted by atomic mass is 79.9. The summed E-state index contributed by atoms with van der Waals surface area (Å²) in [4.78, 5) is 0. The summed E-state index contributed by atoms with van der Waals surface area (Å²) in [6.45, 7) is 3.17. The number of ether oxygens (including phenoxy) is 1.